The first-order valence-electron chi connectivity index (χ1n) is 14.5. The van der Waals surface area contributed by atoms with Crippen molar-refractivity contribution in [3.05, 3.63) is 85.5 Å². The summed E-state index contributed by atoms with van der Waals surface area (Å²) < 4.78 is 4.47. The van der Waals surface area contributed by atoms with Gasteiger partial charge in [0, 0.05) is 35.4 Å². The molecule has 3 heterocycles. The molecule has 1 N–H and O–H groups in total. The molecule has 2 bridgehead atoms. The number of likely N-dealkylation sites (tertiary alicyclic amines) is 1. The van der Waals surface area contributed by atoms with E-state index in [1.807, 2.05) is 42.5 Å². The molecule has 3 aliphatic heterocycles. The van der Waals surface area contributed by atoms with Gasteiger partial charge >= 0.3 is 0 Å². The van der Waals surface area contributed by atoms with Crippen LogP contribution in [0.4, 0.5) is 5.69 Å². The number of aliphatic hydroxyl groups excluding tert-OH is 1. The molecule has 0 aromatic heterocycles. The van der Waals surface area contributed by atoms with Gasteiger partial charge < -0.3 is 24.5 Å². The second-order valence-electron chi connectivity index (χ2n) is 11.4. The van der Waals surface area contributed by atoms with E-state index in [9.17, 15) is 19.5 Å². The lowest BCUT2D eigenvalue weighted by Gasteiger charge is -2.39. The van der Waals surface area contributed by atoms with Crippen LogP contribution in [0, 0.1) is 11.8 Å². The number of halogens is 1. The number of aliphatic hydroxyl groups is 1. The minimum Gasteiger partial charge on any atom is -0.497 e. The van der Waals surface area contributed by atoms with E-state index in [0.29, 0.717) is 30.9 Å². The fraction of sp³-hybridized carbons (Fsp3) is 0.424. The summed E-state index contributed by atoms with van der Waals surface area (Å²) in [6.07, 6.45) is 3.91. The maximum atomic E-state index is 14.7. The van der Waals surface area contributed by atoms with Crippen LogP contribution in [0.3, 0.4) is 0 Å². The molecular weight excluding hydrogens is 630 g/mol. The summed E-state index contributed by atoms with van der Waals surface area (Å²) in [7, 11) is 1.58. The van der Waals surface area contributed by atoms with Crippen LogP contribution in [-0.2, 0) is 20.9 Å². The van der Waals surface area contributed by atoms with Crippen molar-refractivity contribution in [2.75, 3.05) is 31.7 Å². The maximum absolute atomic E-state index is 14.7. The largest absolute Gasteiger partial charge is 0.497 e. The lowest BCUT2D eigenvalue weighted by Crippen LogP contribution is -2.57. The Labute approximate surface area is 265 Å². The van der Waals surface area contributed by atoms with Crippen molar-refractivity contribution in [3.8, 4) is 5.75 Å². The van der Waals surface area contributed by atoms with Gasteiger partial charge in [0.15, 0.2) is 0 Å². The van der Waals surface area contributed by atoms with Crippen molar-refractivity contribution in [2.45, 2.75) is 46.8 Å². The molecule has 3 fully saturated rings. The van der Waals surface area contributed by atoms with E-state index < -0.39 is 28.7 Å². The zero-order valence-electron chi connectivity index (χ0n) is 24.5. The number of rotatable bonds is 12. The van der Waals surface area contributed by atoms with Gasteiger partial charge in [0.05, 0.1) is 36.3 Å². The van der Waals surface area contributed by atoms with E-state index in [1.54, 1.807) is 64.8 Å². The van der Waals surface area contributed by atoms with Crippen LogP contribution in [0.15, 0.2) is 79.9 Å². The molecule has 2 aromatic rings. The zero-order valence-corrected chi connectivity index (χ0v) is 26.9. The highest BCUT2D eigenvalue weighted by Crippen LogP contribution is 2.68. The maximum Gasteiger partial charge on any atom is 0.251 e. The molecule has 3 saturated heterocycles. The molecule has 0 aliphatic carbocycles. The number of carbonyl (C=O) groups is 3. The molecule has 0 saturated carbocycles. The van der Waals surface area contributed by atoms with Crippen molar-refractivity contribution in [2.24, 2.45) is 11.8 Å². The number of thioether (sulfide) groups is 1. The minimum absolute atomic E-state index is 0.0636. The molecular formula is C33H38BrN3O5S. The SMILES string of the molecule is C=CCN(Cc1ccccc1)C(=O)[C@H]1[C@H]2C(=O)N([C@H](C)CO)C(C(=O)N(CC=C)c3ccc(OC)cc3)C23CC(Br)[C@@H]1S3. The first-order chi connectivity index (χ1) is 20.7. The van der Waals surface area contributed by atoms with Crippen LogP contribution in [-0.4, -0.2) is 86.3 Å². The second-order valence-corrected chi connectivity index (χ2v) is 14.1. The van der Waals surface area contributed by atoms with E-state index in [0.717, 1.165) is 5.56 Å². The number of methoxy groups -OCH3 is 1. The van der Waals surface area contributed by atoms with Crippen molar-refractivity contribution in [1.29, 1.82) is 0 Å². The van der Waals surface area contributed by atoms with Gasteiger partial charge in [-0.1, -0.05) is 58.4 Å². The summed E-state index contributed by atoms with van der Waals surface area (Å²) in [6, 6.07) is 15.5. The highest BCUT2D eigenvalue weighted by Gasteiger charge is 2.76. The number of carbonyl (C=O) groups excluding carboxylic acids is 3. The van der Waals surface area contributed by atoms with Crippen LogP contribution in [0.25, 0.3) is 0 Å². The molecule has 5 rings (SSSR count). The second kappa shape index (κ2) is 12.9. The van der Waals surface area contributed by atoms with Crippen molar-refractivity contribution in [3.63, 3.8) is 0 Å². The average molecular weight is 669 g/mol. The molecule has 2 aromatic carbocycles. The number of ether oxygens (including phenoxy) is 1. The van der Waals surface area contributed by atoms with Gasteiger partial charge in [-0.2, -0.15) is 0 Å². The van der Waals surface area contributed by atoms with Gasteiger partial charge in [-0.05, 0) is 43.2 Å². The minimum atomic E-state index is -0.871. The summed E-state index contributed by atoms with van der Waals surface area (Å²) in [6.45, 7) is 10.2. The fourth-order valence-corrected chi connectivity index (χ4v) is 10.5. The highest BCUT2D eigenvalue weighted by atomic mass is 79.9. The van der Waals surface area contributed by atoms with Crippen LogP contribution < -0.4 is 9.64 Å². The van der Waals surface area contributed by atoms with Crippen molar-refractivity contribution >= 4 is 51.1 Å². The predicted octanol–water partition coefficient (Wildman–Crippen LogP) is 4.27. The third-order valence-corrected chi connectivity index (χ3v) is 12.0. The Hall–Kier alpha value is -3.08. The van der Waals surface area contributed by atoms with Gasteiger partial charge in [-0.3, -0.25) is 14.4 Å². The molecule has 8 nitrogen and oxygen atoms in total. The number of anilines is 1. The van der Waals surface area contributed by atoms with E-state index >= 15 is 0 Å². The summed E-state index contributed by atoms with van der Waals surface area (Å²) in [4.78, 5) is 48.4. The molecule has 10 heteroatoms. The molecule has 0 radical (unpaired) electrons. The van der Waals surface area contributed by atoms with Crippen LogP contribution in [0.1, 0.15) is 18.9 Å². The molecule has 3 amide bonds. The first-order valence-corrected chi connectivity index (χ1v) is 16.3. The molecule has 1 spiro atoms. The van der Waals surface area contributed by atoms with Gasteiger partial charge in [0.2, 0.25) is 11.8 Å². The molecule has 3 aliphatic rings. The number of hydrogen-bond acceptors (Lipinski definition) is 6. The quantitative estimate of drug-likeness (QED) is 0.269. The predicted molar refractivity (Wildman–Crippen MR) is 173 cm³/mol. The van der Waals surface area contributed by atoms with E-state index in [4.69, 9.17) is 4.74 Å². The van der Waals surface area contributed by atoms with Gasteiger partial charge in [0.1, 0.15) is 11.8 Å². The van der Waals surface area contributed by atoms with Crippen molar-refractivity contribution < 1.29 is 24.2 Å². The monoisotopic (exact) mass is 667 g/mol. The summed E-state index contributed by atoms with van der Waals surface area (Å²) in [5.74, 6) is -1.29. The van der Waals surface area contributed by atoms with Crippen molar-refractivity contribution in [1.82, 2.24) is 9.80 Å². The zero-order chi connectivity index (χ0) is 30.9. The number of benzene rings is 2. The number of amides is 3. The van der Waals surface area contributed by atoms with E-state index in [1.165, 1.54) is 0 Å². The summed E-state index contributed by atoms with van der Waals surface area (Å²) >= 11 is 5.43. The van der Waals surface area contributed by atoms with E-state index in [2.05, 4.69) is 29.1 Å². The van der Waals surface area contributed by atoms with Gasteiger partial charge in [-0.15, -0.1) is 24.9 Å². The Morgan fingerprint density at radius 3 is 2.42 bits per heavy atom. The molecule has 43 heavy (non-hydrogen) atoms. The first kappa shape index (κ1) is 31.3. The van der Waals surface area contributed by atoms with E-state index in [-0.39, 0.29) is 41.0 Å². The number of fused-ring (bicyclic) bond motifs is 1. The third kappa shape index (κ3) is 5.42. The Kier molecular flexibility index (Phi) is 9.39. The Morgan fingerprint density at radius 2 is 1.81 bits per heavy atom. The smallest absolute Gasteiger partial charge is 0.251 e. The molecule has 7 atom stereocenters. The Bertz CT molecular complexity index is 1370. The van der Waals surface area contributed by atoms with Gasteiger partial charge in [0.25, 0.3) is 5.91 Å². The number of nitrogens with zero attached hydrogens (tertiary/aromatic N) is 3. The topological polar surface area (TPSA) is 90.4 Å². The standard InChI is InChI=1S/C33H38BrN3O5S/c1-5-16-35(19-22-10-8-7-9-11-22)30(39)26-27-31(40)37(21(3)20-38)29(33(27)18-25(34)28(26)43-33)32(41)36(17-6-2)23-12-14-24(42-4)15-13-23/h5-15,21,25-29,38H,1-2,16-20H2,3-4H3/t21-,25?,26+,27+,28+,29?,33?/m1/s1. The van der Waals surface area contributed by atoms with Crippen LogP contribution in [0.5, 0.6) is 5.75 Å². The fourth-order valence-electron chi connectivity index (χ4n) is 6.96. The number of hydrogen-bond donors (Lipinski definition) is 1. The molecule has 3 unspecified atom stereocenters. The lowest BCUT2D eigenvalue weighted by atomic mass is 9.70. The summed E-state index contributed by atoms with van der Waals surface area (Å²) in [5, 5.41) is 10.1. The Morgan fingerprint density at radius 1 is 1.14 bits per heavy atom. The van der Waals surface area contributed by atoms with Crippen LogP contribution in [0.2, 0.25) is 0 Å². The summed E-state index contributed by atoms with van der Waals surface area (Å²) in [5.41, 5.74) is 1.63. The molecule has 228 valence electrons. The lowest BCUT2D eigenvalue weighted by molar-refractivity contribution is -0.145. The Balaban J connectivity index is 1.55. The normalized spacial score (nSPS) is 27.9. The highest BCUT2D eigenvalue weighted by molar-refractivity contribution is 9.09. The third-order valence-electron chi connectivity index (χ3n) is 8.82. The average Bonchev–Trinajstić information content (AvgIpc) is 3.62. The van der Waals surface area contributed by atoms with Crippen LogP contribution >= 0.6 is 27.7 Å². The number of alkyl halides is 1. The van der Waals surface area contributed by atoms with Gasteiger partial charge in [-0.25, -0.2) is 0 Å².